The molecule has 0 radical (unpaired) electrons. The van der Waals surface area contributed by atoms with Crippen LogP contribution in [0.4, 0.5) is 4.79 Å². The molecule has 0 aromatic heterocycles. The van der Waals surface area contributed by atoms with E-state index in [1.54, 1.807) is 24.0 Å². The van der Waals surface area contributed by atoms with Gasteiger partial charge in [0.1, 0.15) is 6.54 Å². The molecule has 0 atom stereocenters. The minimum Gasteiger partial charge on any atom is -0.385 e. The summed E-state index contributed by atoms with van der Waals surface area (Å²) in [6.07, 6.45) is 4.43. The van der Waals surface area contributed by atoms with Crippen LogP contribution < -0.4 is 0 Å². The van der Waals surface area contributed by atoms with Crippen LogP contribution in [0.1, 0.15) is 25.7 Å². The van der Waals surface area contributed by atoms with E-state index in [9.17, 15) is 9.59 Å². The van der Waals surface area contributed by atoms with Crippen LogP contribution in [0.5, 0.6) is 0 Å². The first-order valence-corrected chi connectivity index (χ1v) is 7.88. The second kappa shape index (κ2) is 7.64. The van der Waals surface area contributed by atoms with Gasteiger partial charge in [-0.2, -0.15) is 0 Å². The fourth-order valence-electron chi connectivity index (χ4n) is 3.10. The van der Waals surface area contributed by atoms with E-state index in [2.05, 4.69) is 0 Å². The predicted molar refractivity (Wildman–Crippen MR) is 80.0 cm³/mol. The van der Waals surface area contributed by atoms with Crippen LogP contribution in [0.2, 0.25) is 0 Å². The molecule has 2 aliphatic rings. The molecule has 21 heavy (non-hydrogen) atoms. The Bertz CT molecular complexity index is 367. The SMILES string of the molecule is COCCCC1CCN(C(=O)CN2CCN(C)C2=O)CC1. The van der Waals surface area contributed by atoms with Crippen LogP contribution in [0, 0.1) is 5.92 Å². The van der Waals surface area contributed by atoms with Gasteiger partial charge < -0.3 is 19.4 Å². The monoisotopic (exact) mass is 297 g/mol. The highest BCUT2D eigenvalue weighted by Gasteiger charge is 2.29. The number of hydrogen-bond donors (Lipinski definition) is 0. The van der Waals surface area contributed by atoms with Crippen molar-refractivity contribution in [3.63, 3.8) is 0 Å². The third-order valence-corrected chi connectivity index (χ3v) is 4.56. The Morgan fingerprint density at radius 3 is 2.52 bits per heavy atom. The zero-order chi connectivity index (χ0) is 15.2. The minimum atomic E-state index is -0.0298. The number of carbonyl (C=O) groups excluding carboxylic acids is 2. The van der Waals surface area contributed by atoms with Crippen molar-refractivity contribution in [1.82, 2.24) is 14.7 Å². The second-order valence-corrected chi connectivity index (χ2v) is 6.08. The number of hydrogen-bond acceptors (Lipinski definition) is 3. The summed E-state index contributed by atoms with van der Waals surface area (Å²) < 4.78 is 5.08. The summed E-state index contributed by atoms with van der Waals surface area (Å²) in [5, 5.41) is 0. The number of rotatable bonds is 6. The Hall–Kier alpha value is -1.30. The maximum Gasteiger partial charge on any atom is 0.320 e. The number of carbonyl (C=O) groups is 2. The first kappa shape index (κ1) is 16.1. The molecule has 0 spiro atoms. The number of nitrogens with zero attached hydrogens (tertiary/aromatic N) is 3. The van der Waals surface area contributed by atoms with Gasteiger partial charge in [-0.15, -0.1) is 0 Å². The third-order valence-electron chi connectivity index (χ3n) is 4.56. The van der Waals surface area contributed by atoms with E-state index in [4.69, 9.17) is 4.74 Å². The van der Waals surface area contributed by atoms with Crippen molar-refractivity contribution in [2.45, 2.75) is 25.7 Å². The average Bonchev–Trinajstić information content (AvgIpc) is 2.80. The van der Waals surface area contributed by atoms with Gasteiger partial charge in [0, 0.05) is 46.9 Å². The van der Waals surface area contributed by atoms with Crippen LogP contribution in [0.25, 0.3) is 0 Å². The number of likely N-dealkylation sites (N-methyl/N-ethyl adjacent to an activating group) is 1. The maximum absolute atomic E-state index is 12.3. The highest BCUT2D eigenvalue weighted by atomic mass is 16.5. The molecule has 2 heterocycles. The van der Waals surface area contributed by atoms with Crippen LogP contribution in [-0.2, 0) is 9.53 Å². The van der Waals surface area contributed by atoms with Crippen LogP contribution in [0.15, 0.2) is 0 Å². The Morgan fingerprint density at radius 2 is 1.95 bits per heavy atom. The van der Waals surface area contributed by atoms with Crippen molar-refractivity contribution in [2.75, 3.05) is 53.5 Å². The van der Waals surface area contributed by atoms with Gasteiger partial charge in [0.15, 0.2) is 0 Å². The quantitative estimate of drug-likeness (QED) is 0.688. The normalized spacial score (nSPS) is 20.5. The highest BCUT2D eigenvalue weighted by Crippen LogP contribution is 2.22. The number of amides is 3. The number of methoxy groups -OCH3 is 1. The molecule has 0 unspecified atom stereocenters. The van der Waals surface area contributed by atoms with Crippen molar-refractivity contribution >= 4 is 11.9 Å². The van der Waals surface area contributed by atoms with Gasteiger partial charge >= 0.3 is 6.03 Å². The summed E-state index contributed by atoms with van der Waals surface area (Å²) in [6, 6.07) is -0.0298. The summed E-state index contributed by atoms with van der Waals surface area (Å²) in [5.74, 6) is 0.803. The van der Waals surface area contributed by atoms with Gasteiger partial charge in [-0.25, -0.2) is 4.79 Å². The van der Waals surface area contributed by atoms with Crippen LogP contribution in [0.3, 0.4) is 0 Å². The van der Waals surface area contributed by atoms with Gasteiger partial charge in [-0.1, -0.05) is 0 Å². The van der Waals surface area contributed by atoms with E-state index in [0.717, 1.165) is 39.0 Å². The van der Waals surface area contributed by atoms with E-state index >= 15 is 0 Å². The fraction of sp³-hybridized carbons (Fsp3) is 0.867. The molecule has 3 amide bonds. The molecule has 2 aliphatic heterocycles. The average molecular weight is 297 g/mol. The van der Waals surface area contributed by atoms with Crippen molar-refractivity contribution in [3.8, 4) is 0 Å². The molecule has 0 aromatic carbocycles. The summed E-state index contributed by atoms with van der Waals surface area (Å²) in [6.45, 7) is 4.09. The Balaban J connectivity index is 1.69. The lowest BCUT2D eigenvalue weighted by Crippen LogP contribution is -2.45. The van der Waals surface area contributed by atoms with Gasteiger partial charge in [0.05, 0.1) is 0 Å². The molecule has 0 saturated carbocycles. The number of urea groups is 1. The molecule has 0 aromatic rings. The highest BCUT2D eigenvalue weighted by molar-refractivity contribution is 5.85. The van der Waals surface area contributed by atoms with Crippen molar-refractivity contribution in [2.24, 2.45) is 5.92 Å². The number of likely N-dealkylation sites (tertiary alicyclic amines) is 1. The smallest absolute Gasteiger partial charge is 0.320 e. The van der Waals surface area contributed by atoms with E-state index in [1.807, 2.05) is 4.90 Å². The topological polar surface area (TPSA) is 53.1 Å². The van der Waals surface area contributed by atoms with Crippen molar-refractivity contribution in [3.05, 3.63) is 0 Å². The van der Waals surface area contributed by atoms with Crippen LogP contribution >= 0.6 is 0 Å². The fourth-order valence-corrected chi connectivity index (χ4v) is 3.10. The summed E-state index contributed by atoms with van der Waals surface area (Å²) in [4.78, 5) is 29.3. The number of piperidine rings is 1. The maximum atomic E-state index is 12.3. The predicted octanol–water partition coefficient (Wildman–Crippen LogP) is 1.02. The Morgan fingerprint density at radius 1 is 1.24 bits per heavy atom. The van der Waals surface area contributed by atoms with Gasteiger partial charge in [0.2, 0.25) is 5.91 Å². The first-order valence-electron chi connectivity index (χ1n) is 7.88. The van der Waals surface area contributed by atoms with E-state index in [0.29, 0.717) is 19.0 Å². The van der Waals surface area contributed by atoms with Gasteiger partial charge in [0.25, 0.3) is 0 Å². The zero-order valence-corrected chi connectivity index (χ0v) is 13.2. The summed E-state index contributed by atoms with van der Waals surface area (Å²) >= 11 is 0. The zero-order valence-electron chi connectivity index (χ0n) is 13.2. The summed E-state index contributed by atoms with van der Waals surface area (Å²) in [5.41, 5.74) is 0. The van der Waals surface area contributed by atoms with Crippen molar-refractivity contribution in [1.29, 1.82) is 0 Å². The molecule has 0 N–H and O–H groups in total. The largest absolute Gasteiger partial charge is 0.385 e. The lowest BCUT2D eigenvalue weighted by molar-refractivity contribution is -0.133. The second-order valence-electron chi connectivity index (χ2n) is 6.08. The third kappa shape index (κ3) is 4.33. The number of ether oxygens (including phenoxy) is 1. The molecule has 0 aliphatic carbocycles. The Labute approximate surface area is 127 Å². The van der Waals surface area contributed by atoms with Crippen molar-refractivity contribution < 1.29 is 14.3 Å². The van der Waals surface area contributed by atoms with E-state index in [-0.39, 0.29) is 18.5 Å². The van der Waals surface area contributed by atoms with Gasteiger partial charge in [-0.3, -0.25) is 4.79 Å². The van der Waals surface area contributed by atoms with Crippen LogP contribution in [-0.4, -0.2) is 80.1 Å². The molecule has 0 bridgehead atoms. The molecule has 2 saturated heterocycles. The molecule has 6 heteroatoms. The lowest BCUT2D eigenvalue weighted by Gasteiger charge is -2.33. The first-order chi connectivity index (χ1) is 10.1. The Kier molecular flexibility index (Phi) is 5.85. The van der Waals surface area contributed by atoms with Gasteiger partial charge in [-0.05, 0) is 31.6 Å². The van der Waals surface area contributed by atoms with E-state index in [1.165, 1.54) is 6.42 Å². The van der Waals surface area contributed by atoms with E-state index < -0.39 is 0 Å². The minimum absolute atomic E-state index is 0.0298. The standard InChI is InChI=1S/C15H27N3O3/c1-16-9-10-18(15(16)20)12-14(19)17-7-5-13(6-8-17)4-3-11-21-2/h13H,3-12H2,1-2H3. The lowest BCUT2D eigenvalue weighted by atomic mass is 9.92. The molecular weight excluding hydrogens is 270 g/mol. The molecule has 2 rings (SSSR count). The molecule has 6 nitrogen and oxygen atoms in total. The molecule has 120 valence electrons. The molecular formula is C15H27N3O3. The summed E-state index contributed by atoms with van der Waals surface area (Å²) in [7, 11) is 3.51. The molecule has 2 fully saturated rings.